The van der Waals surface area contributed by atoms with E-state index < -0.39 is 5.82 Å². The Balaban J connectivity index is 1.93. The maximum atomic E-state index is 13.0. The van der Waals surface area contributed by atoms with Gasteiger partial charge >= 0.3 is 0 Å². The van der Waals surface area contributed by atoms with Gasteiger partial charge in [-0.2, -0.15) is 0 Å². The molecule has 0 spiro atoms. The zero-order valence-electron chi connectivity index (χ0n) is 12.7. The van der Waals surface area contributed by atoms with Crippen LogP contribution in [0.1, 0.15) is 34.3 Å². The molecule has 114 valence electrons. The van der Waals surface area contributed by atoms with Crippen molar-refractivity contribution >= 4 is 17.4 Å². The van der Waals surface area contributed by atoms with Crippen LogP contribution in [0.5, 0.6) is 0 Å². The van der Waals surface area contributed by atoms with Gasteiger partial charge in [-0.15, -0.1) is 0 Å². The molecule has 3 nitrogen and oxygen atoms in total. The maximum absolute atomic E-state index is 13.0. The maximum Gasteiger partial charge on any atom is 0.224 e. The standard InChI is InChI=1S/C18H18FNO2/c1-12-6-7-13(2)16(10-12)17(21)8-9-18(22)20-15-5-3-4-14(19)11-15/h3-7,10-11H,8-9H2,1-2H3,(H,20,22). The molecule has 22 heavy (non-hydrogen) atoms. The number of aryl methyl sites for hydroxylation is 2. The topological polar surface area (TPSA) is 46.2 Å². The van der Waals surface area contributed by atoms with Crippen LogP contribution in [0.15, 0.2) is 42.5 Å². The van der Waals surface area contributed by atoms with Crippen LogP contribution in [-0.4, -0.2) is 11.7 Å². The normalized spacial score (nSPS) is 10.3. The van der Waals surface area contributed by atoms with Gasteiger partial charge in [0.2, 0.25) is 5.91 Å². The van der Waals surface area contributed by atoms with Gasteiger partial charge in [0.15, 0.2) is 5.78 Å². The Bertz CT molecular complexity index is 710. The average molecular weight is 299 g/mol. The fourth-order valence-electron chi connectivity index (χ4n) is 2.19. The van der Waals surface area contributed by atoms with Gasteiger partial charge in [-0.05, 0) is 43.7 Å². The molecule has 0 saturated carbocycles. The van der Waals surface area contributed by atoms with Gasteiger partial charge in [-0.3, -0.25) is 9.59 Å². The lowest BCUT2D eigenvalue weighted by molar-refractivity contribution is -0.116. The Hall–Kier alpha value is -2.49. The number of nitrogens with one attached hydrogen (secondary N) is 1. The van der Waals surface area contributed by atoms with Crippen LogP contribution in [0.2, 0.25) is 0 Å². The molecule has 0 aliphatic heterocycles. The van der Waals surface area contributed by atoms with Crippen molar-refractivity contribution in [3.63, 3.8) is 0 Å². The third kappa shape index (κ3) is 4.25. The minimum absolute atomic E-state index is 0.0596. The summed E-state index contributed by atoms with van der Waals surface area (Å²) in [6, 6.07) is 11.4. The molecule has 1 N–H and O–H groups in total. The zero-order valence-corrected chi connectivity index (χ0v) is 12.7. The molecule has 2 aromatic rings. The van der Waals surface area contributed by atoms with Gasteiger partial charge in [0.1, 0.15) is 5.82 Å². The summed E-state index contributed by atoms with van der Waals surface area (Å²) in [5.74, 6) is -0.774. The smallest absolute Gasteiger partial charge is 0.224 e. The van der Waals surface area contributed by atoms with Crippen molar-refractivity contribution in [2.45, 2.75) is 26.7 Å². The van der Waals surface area contributed by atoms with E-state index in [0.717, 1.165) is 11.1 Å². The van der Waals surface area contributed by atoms with Crippen molar-refractivity contribution in [1.82, 2.24) is 0 Å². The summed E-state index contributed by atoms with van der Waals surface area (Å²) in [6.45, 7) is 3.80. The second-order valence-corrected chi connectivity index (χ2v) is 5.30. The van der Waals surface area contributed by atoms with Crippen molar-refractivity contribution in [2.75, 3.05) is 5.32 Å². The van der Waals surface area contributed by atoms with Crippen molar-refractivity contribution in [3.05, 3.63) is 65.0 Å². The van der Waals surface area contributed by atoms with E-state index >= 15 is 0 Å². The van der Waals surface area contributed by atoms with Crippen LogP contribution in [-0.2, 0) is 4.79 Å². The number of halogens is 1. The molecule has 0 aliphatic rings. The van der Waals surface area contributed by atoms with Crippen LogP contribution in [0.25, 0.3) is 0 Å². The van der Waals surface area contributed by atoms with E-state index in [9.17, 15) is 14.0 Å². The van der Waals surface area contributed by atoms with Gasteiger partial charge < -0.3 is 5.32 Å². The van der Waals surface area contributed by atoms with Gasteiger partial charge in [-0.1, -0.05) is 23.8 Å². The van der Waals surface area contributed by atoms with Crippen molar-refractivity contribution < 1.29 is 14.0 Å². The van der Waals surface area contributed by atoms with Gasteiger partial charge in [0.05, 0.1) is 0 Å². The quantitative estimate of drug-likeness (QED) is 0.847. The molecule has 1 amide bonds. The predicted octanol–water partition coefficient (Wildman–Crippen LogP) is 4.04. The van der Waals surface area contributed by atoms with Gasteiger partial charge in [0, 0.05) is 24.1 Å². The van der Waals surface area contributed by atoms with Crippen LogP contribution in [0.3, 0.4) is 0 Å². The van der Waals surface area contributed by atoms with E-state index in [1.165, 1.54) is 18.2 Å². The molecule has 0 aliphatic carbocycles. The molecule has 2 rings (SSSR count). The Morgan fingerprint density at radius 2 is 1.82 bits per heavy atom. The first-order valence-corrected chi connectivity index (χ1v) is 7.11. The third-order valence-corrected chi connectivity index (χ3v) is 3.38. The van der Waals surface area contributed by atoms with Crippen LogP contribution >= 0.6 is 0 Å². The van der Waals surface area contributed by atoms with E-state index in [4.69, 9.17) is 0 Å². The molecular weight excluding hydrogens is 281 g/mol. The molecule has 0 unspecified atom stereocenters. The zero-order chi connectivity index (χ0) is 16.1. The minimum Gasteiger partial charge on any atom is -0.326 e. The third-order valence-electron chi connectivity index (χ3n) is 3.38. The first kappa shape index (κ1) is 15.9. The molecule has 0 heterocycles. The second kappa shape index (κ2) is 6.98. The average Bonchev–Trinajstić information content (AvgIpc) is 2.47. The highest BCUT2D eigenvalue weighted by molar-refractivity contribution is 6.01. The van der Waals surface area contributed by atoms with Crippen LogP contribution in [0, 0.1) is 19.7 Å². The number of amides is 1. The number of carbonyl (C=O) groups is 2. The Morgan fingerprint density at radius 3 is 2.55 bits per heavy atom. The number of hydrogen-bond donors (Lipinski definition) is 1. The number of hydrogen-bond acceptors (Lipinski definition) is 2. The summed E-state index contributed by atoms with van der Waals surface area (Å²) in [4.78, 5) is 24.0. The monoisotopic (exact) mass is 299 g/mol. The summed E-state index contributed by atoms with van der Waals surface area (Å²) in [7, 11) is 0. The fourth-order valence-corrected chi connectivity index (χ4v) is 2.19. The lowest BCUT2D eigenvalue weighted by Gasteiger charge is -2.07. The highest BCUT2D eigenvalue weighted by atomic mass is 19.1. The van der Waals surface area contributed by atoms with E-state index in [1.54, 1.807) is 6.07 Å². The van der Waals surface area contributed by atoms with Gasteiger partial charge in [-0.25, -0.2) is 4.39 Å². The summed E-state index contributed by atoms with van der Waals surface area (Å²) >= 11 is 0. The SMILES string of the molecule is Cc1ccc(C)c(C(=O)CCC(=O)Nc2cccc(F)c2)c1. The summed E-state index contributed by atoms with van der Waals surface area (Å²) in [6.07, 6.45) is 0.203. The molecule has 0 fully saturated rings. The number of carbonyl (C=O) groups excluding carboxylic acids is 2. The Kier molecular flexibility index (Phi) is 5.04. The number of anilines is 1. The highest BCUT2D eigenvalue weighted by Crippen LogP contribution is 2.15. The molecular formula is C18H18FNO2. The first-order chi connectivity index (χ1) is 10.5. The van der Waals surface area contributed by atoms with Crippen LogP contribution < -0.4 is 5.32 Å². The number of rotatable bonds is 5. The fraction of sp³-hybridized carbons (Fsp3) is 0.222. The molecule has 0 atom stereocenters. The van der Waals surface area contributed by atoms with E-state index in [1.807, 2.05) is 32.0 Å². The molecule has 0 bridgehead atoms. The van der Waals surface area contributed by atoms with Crippen molar-refractivity contribution in [2.24, 2.45) is 0 Å². The number of benzene rings is 2. The molecule has 4 heteroatoms. The van der Waals surface area contributed by atoms with E-state index in [-0.39, 0.29) is 24.5 Å². The molecule has 0 saturated heterocycles. The summed E-state index contributed by atoms with van der Waals surface area (Å²) < 4.78 is 13.0. The van der Waals surface area contributed by atoms with Crippen LogP contribution in [0.4, 0.5) is 10.1 Å². The second-order valence-electron chi connectivity index (χ2n) is 5.30. The summed E-state index contributed by atoms with van der Waals surface area (Å²) in [5, 5.41) is 2.58. The summed E-state index contributed by atoms with van der Waals surface area (Å²) in [5.41, 5.74) is 2.96. The van der Waals surface area contributed by atoms with Crippen molar-refractivity contribution in [3.8, 4) is 0 Å². The number of Topliss-reactive ketones (excluding diaryl/α,β-unsaturated/α-hetero) is 1. The molecule has 0 aromatic heterocycles. The van der Waals surface area contributed by atoms with E-state index in [0.29, 0.717) is 11.3 Å². The Morgan fingerprint density at radius 1 is 1.05 bits per heavy atom. The Labute approximate surface area is 129 Å². The molecule has 0 radical (unpaired) electrons. The van der Waals surface area contributed by atoms with Gasteiger partial charge in [0.25, 0.3) is 0 Å². The predicted molar refractivity (Wildman–Crippen MR) is 84.5 cm³/mol. The first-order valence-electron chi connectivity index (χ1n) is 7.11. The molecule has 2 aromatic carbocycles. The lowest BCUT2D eigenvalue weighted by Crippen LogP contribution is -2.14. The lowest BCUT2D eigenvalue weighted by atomic mass is 9.99. The largest absolute Gasteiger partial charge is 0.326 e. The minimum atomic E-state index is -0.413. The van der Waals surface area contributed by atoms with E-state index in [2.05, 4.69) is 5.32 Å². The number of ketones is 1. The highest BCUT2D eigenvalue weighted by Gasteiger charge is 2.12. The van der Waals surface area contributed by atoms with Crippen molar-refractivity contribution in [1.29, 1.82) is 0 Å².